The van der Waals surface area contributed by atoms with Crippen LogP contribution in [0.25, 0.3) is 0 Å². The monoisotopic (exact) mass is 516 g/mol. The molecule has 2 aromatic rings. The Kier molecular flexibility index (Phi) is 9.78. The van der Waals surface area contributed by atoms with Gasteiger partial charge in [0.15, 0.2) is 11.4 Å². The molecule has 0 aliphatic heterocycles. The third kappa shape index (κ3) is 7.50. The van der Waals surface area contributed by atoms with E-state index in [0.717, 1.165) is 11.1 Å². The van der Waals surface area contributed by atoms with Crippen molar-refractivity contribution < 1.29 is 33.0 Å². The van der Waals surface area contributed by atoms with Gasteiger partial charge in [-0.3, -0.25) is 9.59 Å². The highest BCUT2D eigenvalue weighted by atomic mass is 19.1. The minimum Gasteiger partial charge on any atom is -0.493 e. The lowest BCUT2D eigenvalue weighted by Gasteiger charge is -2.30. The number of esters is 2. The molecule has 0 bridgehead atoms. The zero-order valence-electron chi connectivity index (χ0n) is 23.0. The van der Waals surface area contributed by atoms with E-state index in [1.54, 1.807) is 33.8 Å². The minimum absolute atomic E-state index is 0.0953. The van der Waals surface area contributed by atoms with Gasteiger partial charge in [0.25, 0.3) is 5.91 Å². The van der Waals surface area contributed by atoms with E-state index in [1.165, 1.54) is 38.4 Å². The highest BCUT2D eigenvalue weighted by Crippen LogP contribution is 2.33. The zero-order chi connectivity index (χ0) is 28.1. The molecular formula is C28H37FN2O6. The number of nitrogens with one attached hydrogen (secondary N) is 1. The molecule has 9 heteroatoms. The number of carbonyl (C=O) groups excluding carboxylic acids is 3. The molecular weight excluding hydrogens is 479 g/mol. The SMILES string of the molecule is COc1ccnc(C(=O)N[C@@H](C)C(=O)O[C@@H](C)[C@H](c2ccc(F)cc2C)C(C)C)c1OC(=O)C(C)(C)C. The lowest BCUT2D eigenvalue weighted by molar-refractivity contribution is -0.151. The van der Waals surface area contributed by atoms with Crippen LogP contribution in [0.15, 0.2) is 30.5 Å². The van der Waals surface area contributed by atoms with Gasteiger partial charge < -0.3 is 19.5 Å². The minimum atomic E-state index is -1.03. The number of ether oxygens (including phenoxy) is 3. The summed E-state index contributed by atoms with van der Waals surface area (Å²) in [7, 11) is 1.38. The predicted molar refractivity (Wildman–Crippen MR) is 137 cm³/mol. The second kappa shape index (κ2) is 12.2. The van der Waals surface area contributed by atoms with E-state index in [1.807, 2.05) is 20.8 Å². The fourth-order valence-electron chi connectivity index (χ4n) is 3.95. The van der Waals surface area contributed by atoms with Crippen LogP contribution in [0.3, 0.4) is 0 Å². The average Bonchev–Trinajstić information content (AvgIpc) is 2.79. The second-order valence-electron chi connectivity index (χ2n) is 10.4. The van der Waals surface area contributed by atoms with Crippen molar-refractivity contribution in [3.63, 3.8) is 0 Å². The number of carbonyl (C=O) groups is 3. The number of benzene rings is 1. The third-order valence-electron chi connectivity index (χ3n) is 5.93. The highest BCUT2D eigenvalue weighted by molar-refractivity contribution is 5.98. The van der Waals surface area contributed by atoms with Gasteiger partial charge in [-0.1, -0.05) is 19.9 Å². The summed E-state index contributed by atoms with van der Waals surface area (Å²) in [5.41, 5.74) is 0.618. The van der Waals surface area contributed by atoms with Crippen molar-refractivity contribution in [2.24, 2.45) is 11.3 Å². The molecule has 1 heterocycles. The number of hydrogen-bond acceptors (Lipinski definition) is 7. The van der Waals surface area contributed by atoms with Gasteiger partial charge in [-0.05, 0) is 70.7 Å². The molecule has 3 atom stereocenters. The van der Waals surface area contributed by atoms with Crippen molar-refractivity contribution >= 4 is 17.8 Å². The molecule has 0 unspecified atom stereocenters. The smallest absolute Gasteiger partial charge is 0.328 e. The summed E-state index contributed by atoms with van der Waals surface area (Å²) < 4.78 is 30.1. The summed E-state index contributed by atoms with van der Waals surface area (Å²) >= 11 is 0. The van der Waals surface area contributed by atoms with Gasteiger partial charge in [0.2, 0.25) is 5.75 Å². The van der Waals surface area contributed by atoms with E-state index in [4.69, 9.17) is 14.2 Å². The van der Waals surface area contributed by atoms with E-state index in [9.17, 15) is 18.8 Å². The van der Waals surface area contributed by atoms with Gasteiger partial charge in [-0.25, -0.2) is 14.2 Å². The topological polar surface area (TPSA) is 104 Å². The lowest BCUT2D eigenvalue weighted by atomic mass is 9.82. The zero-order valence-corrected chi connectivity index (χ0v) is 23.0. The van der Waals surface area contributed by atoms with E-state index in [2.05, 4.69) is 10.3 Å². The maximum Gasteiger partial charge on any atom is 0.328 e. The average molecular weight is 517 g/mol. The Morgan fingerprint density at radius 3 is 2.24 bits per heavy atom. The van der Waals surface area contributed by atoms with Crippen LogP contribution in [-0.4, -0.2) is 42.1 Å². The molecule has 0 fully saturated rings. The molecule has 202 valence electrons. The number of aryl methyl sites for hydroxylation is 1. The first kappa shape index (κ1) is 29.7. The van der Waals surface area contributed by atoms with Crippen LogP contribution < -0.4 is 14.8 Å². The molecule has 0 radical (unpaired) electrons. The summed E-state index contributed by atoms with van der Waals surface area (Å²) in [4.78, 5) is 42.5. The summed E-state index contributed by atoms with van der Waals surface area (Å²) in [5.74, 6) is -2.37. The normalized spacial score (nSPS) is 13.9. The quantitative estimate of drug-likeness (QED) is 0.469. The first-order valence-electron chi connectivity index (χ1n) is 12.2. The molecule has 2 rings (SSSR count). The standard InChI is InChI=1S/C28H37FN2O6/c1-15(2)22(20-11-10-19(29)14-16(20)3)18(5)36-26(33)17(4)31-25(32)23-24(21(35-9)12-13-30-23)37-27(34)28(6,7)8/h10-15,17-18,22H,1-9H3,(H,31,32)/t17-,18-,22+/m0/s1. The molecule has 0 saturated heterocycles. The van der Waals surface area contributed by atoms with E-state index >= 15 is 0 Å². The van der Waals surface area contributed by atoms with Gasteiger partial charge in [0.05, 0.1) is 12.5 Å². The second-order valence-corrected chi connectivity index (χ2v) is 10.4. The molecule has 8 nitrogen and oxygen atoms in total. The van der Waals surface area contributed by atoms with Gasteiger partial charge in [-0.15, -0.1) is 0 Å². The number of pyridine rings is 1. The van der Waals surface area contributed by atoms with Crippen LogP contribution in [0, 0.1) is 24.1 Å². The Morgan fingerprint density at radius 1 is 1.05 bits per heavy atom. The summed E-state index contributed by atoms with van der Waals surface area (Å²) in [6, 6.07) is 4.98. The van der Waals surface area contributed by atoms with Crippen LogP contribution in [0.5, 0.6) is 11.5 Å². The Labute approximate surface area is 217 Å². The maximum atomic E-state index is 13.6. The molecule has 37 heavy (non-hydrogen) atoms. The summed E-state index contributed by atoms with van der Waals surface area (Å²) in [5, 5.41) is 2.56. The number of aromatic nitrogens is 1. The number of hydrogen-bond donors (Lipinski definition) is 1. The van der Waals surface area contributed by atoms with E-state index in [-0.39, 0.29) is 34.8 Å². The maximum absolute atomic E-state index is 13.6. The van der Waals surface area contributed by atoms with Crippen LogP contribution in [0.2, 0.25) is 0 Å². The molecule has 1 aromatic carbocycles. The third-order valence-corrected chi connectivity index (χ3v) is 5.93. The Hall–Kier alpha value is -3.49. The number of methoxy groups -OCH3 is 1. The molecule has 0 aliphatic carbocycles. The first-order chi connectivity index (χ1) is 17.2. The van der Waals surface area contributed by atoms with Gasteiger partial charge in [-0.2, -0.15) is 0 Å². The van der Waals surface area contributed by atoms with Crippen molar-refractivity contribution in [1.29, 1.82) is 0 Å². The predicted octanol–water partition coefficient (Wildman–Crippen LogP) is 4.98. The molecule has 0 spiro atoms. The highest BCUT2D eigenvalue weighted by Gasteiger charge is 2.32. The fourth-order valence-corrected chi connectivity index (χ4v) is 3.95. The molecule has 1 N–H and O–H groups in total. The van der Waals surface area contributed by atoms with Gasteiger partial charge >= 0.3 is 11.9 Å². The Morgan fingerprint density at radius 2 is 1.70 bits per heavy atom. The molecule has 0 aliphatic rings. The first-order valence-corrected chi connectivity index (χ1v) is 12.2. The lowest BCUT2D eigenvalue weighted by Crippen LogP contribution is -2.42. The molecule has 0 saturated carbocycles. The van der Waals surface area contributed by atoms with Crippen molar-refractivity contribution in [2.45, 2.75) is 73.5 Å². The van der Waals surface area contributed by atoms with Crippen LogP contribution in [0.4, 0.5) is 4.39 Å². The van der Waals surface area contributed by atoms with Crippen molar-refractivity contribution in [3.8, 4) is 11.5 Å². The number of rotatable bonds is 9. The molecule has 1 aromatic heterocycles. The molecule has 1 amide bonds. The van der Waals surface area contributed by atoms with Crippen LogP contribution >= 0.6 is 0 Å². The summed E-state index contributed by atoms with van der Waals surface area (Å²) in [6.45, 7) is 14.1. The van der Waals surface area contributed by atoms with Crippen molar-refractivity contribution in [2.75, 3.05) is 7.11 Å². The number of nitrogens with zero attached hydrogens (tertiary/aromatic N) is 1. The summed E-state index contributed by atoms with van der Waals surface area (Å²) in [6.07, 6.45) is 0.792. The van der Waals surface area contributed by atoms with Gasteiger partial charge in [0.1, 0.15) is 18.0 Å². The largest absolute Gasteiger partial charge is 0.493 e. The van der Waals surface area contributed by atoms with Gasteiger partial charge in [0, 0.05) is 18.2 Å². The van der Waals surface area contributed by atoms with E-state index in [0.29, 0.717) is 0 Å². The Bertz CT molecular complexity index is 1140. The number of amides is 1. The van der Waals surface area contributed by atoms with Crippen LogP contribution in [-0.2, 0) is 14.3 Å². The van der Waals surface area contributed by atoms with Crippen molar-refractivity contribution in [1.82, 2.24) is 10.3 Å². The van der Waals surface area contributed by atoms with Crippen molar-refractivity contribution in [3.05, 3.63) is 53.1 Å². The van der Waals surface area contributed by atoms with Crippen LogP contribution in [0.1, 0.15) is 76.0 Å². The Balaban J connectivity index is 2.20. The fraction of sp³-hybridized carbons (Fsp3) is 0.500. The number of halogens is 1. The van der Waals surface area contributed by atoms with E-state index < -0.39 is 35.4 Å².